The molecule has 1 aromatic rings. The second-order valence-corrected chi connectivity index (χ2v) is 5.80. The van der Waals surface area contributed by atoms with Crippen molar-refractivity contribution in [3.05, 3.63) is 21.9 Å². The highest BCUT2D eigenvalue weighted by Crippen LogP contribution is 2.18. The van der Waals surface area contributed by atoms with Crippen LogP contribution in [0.3, 0.4) is 0 Å². The summed E-state index contributed by atoms with van der Waals surface area (Å²) in [7, 11) is 0. The molecule has 0 spiro atoms. The van der Waals surface area contributed by atoms with E-state index in [0.717, 1.165) is 6.61 Å². The summed E-state index contributed by atoms with van der Waals surface area (Å²) in [5.41, 5.74) is 5.58. The van der Waals surface area contributed by atoms with Crippen molar-refractivity contribution in [1.82, 2.24) is 0 Å². The van der Waals surface area contributed by atoms with Crippen LogP contribution in [-0.2, 0) is 17.9 Å². The topological polar surface area (TPSA) is 35.2 Å². The number of nitrogens with two attached hydrogens (primary N) is 1. The minimum atomic E-state index is 0.371. The zero-order chi connectivity index (χ0) is 12.5. The van der Waals surface area contributed by atoms with Crippen molar-refractivity contribution < 1.29 is 4.74 Å². The van der Waals surface area contributed by atoms with E-state index in [-0.39, 0.29) is 0 Å². The zero-order valence-corrected chi connectivity index (χ0v) is 11.9. The molecule has 1 rings (SSSR count). The molecule has 98 valence electrons. The lowest BCUT2D eigenvalue weighted by atomic mass is 10.1. The number of ether oxygens (including phenoxy) is 1. The summed E-state index contributed by atoms with van der Waals surface area (Å²) in [6, 6.07) is 4.21. The predicted octanol–water partition coefficient (Wildman–Crippen LogP) is 4.08. The molecule has 0 amide bonds. The summed E-state index contributed by atoms with van der Waals surface area (Å²) in [5, 5.41) is 0. The molecule has 1 aromatic heterocycles. The first-order chi connectivity index (χ1) is 8.26. The van der Waals surface area contributed by atoms with Crippen LogP contribution in [0, 0.1) is 0 Å². The molecule has 0 radical (unpaired) electrons. The van der Waals surface area contributed by atoms with E-state index < -0.39 is 0 Å². The van der Waals surface area contributed by atoms with Crippen molar-refractivity contribution in [2.45, 2.75) is 65.2 Å². The lowest BCUT2D eigenvalue weighted by Gasteiger charge is -2.11. The minimum absolute atomic E-state index is 0.371. The first-order valence-corrected chi connectivity index (χ1v) is 7.47. The molecule has 0 aliphatic heterocycles. The van der Waals surface area contributed by atoms with Crippen LogP contribution in [-0.4, -0.2) is 6.10 Å². The maximum atomic E-state index is 5.84. The van der Waals surface area contributed by atoms with Crippen LogP contribution in [0.15, 0.2) is 12.1 Å². The molecule has 1 heterocycles. The smallest absolute Gasteiger partial charge is 0.0813 e. The van der Waals surface area contributed by atoms with E-state index in [9.17, 15) is 0 Å². The Balaban J connectivity index is 2.12. The van der Waals surface area contributed by atoms with Crippen LogP contribution in [0.1, 0.15) is 55.7 Å². The molecule has 2 nitrogen and oxygen atoms in total. The molecule has 3 heteroatoms. The van der Waals surface area contributed by atoms with Crippen LogP contribution in [0.25, 0.3) is 0 Å². The van der Waals surface area contributed by atoms with E-state index in [1.54, 1.807) is 11.3 Å². The quantitative estimate of drug-likeness (QED) is 0.675. The molecular weight excluding hydrogens is 230 g/mol. The summed E-state index contributed by atoms with van der Waals surface area (Å²) in [6.07, 6.45) is 6.81. The van der Waals surface area contributed by atoms with Gasteiger partial charge in [-0.1, -0.05) is 32.6 Å². The molecule has 0 bridgehead atoms. The maximum absolute atomic E-state index is 5.84. The van der Waals surface area contributed by atoms with Gasteiger partial charge in [-0.2, -0.15) is 0 Å². The van der Waals surface area contributed by atoms with Crippen molar-refractivity contribution in [1.29, 1.82) is 0 Å². The third kappa shape index (κ3) is 6.20. The first-order valence-electron chi connectivity index (χ1n) is 6.65. The van der Waals surface area contributed by atoms with Gasteiger partial charge in [0.15, 0.2) is 0 Å². The maximum Gasteiger partial charge on any atom is 0.0813 e. The van der Waals surface area contributed by atoms with Gasteiger partial charge in [0.25, 0.3) is 0 Å². The Morgan fingerprint density at radius 3 is 2.65 bits per heavy atom. The number of hydrogen-bond acceptors (Lipinski definition) is 3. The molecule has 1 unspecified atom stereocenters. The van der Waals surface area contributed by atoms with E-state index in [2.05, 4.69) is 26.0 Å². The van der Waals surface area contributed by atoms with Crippen LogP contribution >= 0.6 is 11.3 Å². The van der Waals surface area contributed by atoms with Gasteiger partial charge in [0.1, 0.15) is 0 Å². The fourth-order valence-electron chi connectivity index (χ4n) is 1.78. The highest BCUT2D eigenvalue weighted by Gasteiger charge is 2.04. The molecule has 0 saturated heterocycles. The van der Waals surface area contributed by atoms with Gasteiger partial charge < -0.3 is 10.5 Å². The van der Waals surface area contributed by atoms with Gasteiger partial charge in [0, 0.05) is 16.3 Å². The number of rotatable bonds is 9. The van der Waals surface area contributed by atoms with Crippen molar-refractivity contribution in [2.75, 3.05) is 0 Å². The van der Waals surface area contributed by atoms with E-state index in [1.807, 2.05) is 0 Å². The Morgan fingerprint density at radius 2 is 2.00 bits per heavy atom. The van der Waals surface area contributed by atoms with E-state index in [4.69, 9.17) is 10.5 Å². The van der Waals surface area contributed by atoms with Gasteiger partial charge in [0.2, 0.25) is 0 Å². The number of thiophene rings is 1. The highest BCUT2D eigenvalue weighted by atomic mass is 32.1. The SMILES string of the molecule is CCCCCCC(C)OCc1ccc(CN)s1. The minimum Gasteiger partial charge on any atom is -0.373 e. The van der Waals surface area contributed by atoms with Gasteiger partial charge in [-0.3, -0.25) is 0 Å². The van der Waals surface area contributed by atoms with Gasteiger partial charge in [-0.25, -0.2) is 0 Å². The number of hydrogen-bond donors (Lipinski definition) is 1. The molecule has 0 aliphatic carbocycles. The lowest BCUT2D eigenvalue weighted by Crippen LogP contribution is -2.07. The Labute approximate surface area is 109 Å². The average molecular weight is 255 g/mol. The van der Waals surface area contributed by atoms with Crippen molar-refractivity contribution >= 4 is 11.3 Å². The lowest BCUT2D eigenvalue weighted by molar-refractivity contribution is 0.0475. The summed E-state index contributed by atoms with van der Waals surface area (Å²) in [6.45, 7) is 5.78. The zero-order valence-electron chi connectivity index (χ0n) is 11.1. The van der Waals surface area contributed by atoms with Gasteiger partial charge in [-0.15, -0.1) is 11.3 Å². The van der Waals surface area contributed by atoms with Crippen molar-refractivity contribution in [3.63, 3.8) is 0 Å². The Morgan fingerprint density at radius 1 is 1.24 bits per heavy atom. The Kier molecular flexibility index (Phi) is 7.49. The third-order valence-electron chi connectivity index (χ3n) is 2.89. The van der Waals surface area contributed by atoms with Gasteiger partial charge in [-0.05, 0) is 25.5 Å². The third-order valence-corrected chi connectivity index (χ3v) is 3.97. The van der Waals surface area contributed by atoms with E-state index in [1.165, 1.54) is 41.9 Å². The number of unbranched alkanes of at least 4 members (excludes halogenated alkanes) is 3. The molecule has 2 N–H and O–H groups in total. The molecule has 0 aliphatic rings. The molecule has 1 atom stereocenters. The molecule has 0 fully saturated rings. The largest absolute Gasteiger partial charge is 0.373 e. The van der Waals surface area contributed by atoms with Crippen LogP contribution in [0.2, 0.25) is 0 Å². The second-order valence-electron chi connectivity index (χ2n) is 4.54. The first kappa shape index (κ1) is 14.7. The van der Waals surface area contributed by atoms with Gasteiger partial charge in [0.05, 0.1) is 12.7 Å². The average Bonchev–Trinajstić information content (AvgIpc) is 2.80. The second kappa shape index (κ2) is 8.67. The molecular formula is C14H25NOS. The van der Waals surface area contributed by atoms with Gasteiger partial charge >= 0.3 is 0 Å². The Bertz CT molecular complexity index is 298. The summed E-state index contributed by atoms with van der Waals surface area (Å²) >= 11 is 1.76. The standard InChI is InChI=1S/C14H25NOS/c1-3-4-5-6-7-12(2)16-11-14-9-8-13(10-15)17-14/h8-9,12H,3-7,10-11,15H2,1-2H3. The monoisotopic (exact) mass is 255 g/mol. The molecule has 0 saturated carbocycles. The molecule has 0 aromatic carbocycles. The fourth-order valence-corrected chi connectivity index (χ4v) is 2.60. The normalized spacial score (nSPS) is 12.9. The van der Waals surface area contributed by atoms with Crippen LogP contribution < -0.4 is 5.73 Å². The summed E-state index contributed by atoms with van der Waals surface area (Å²) in [5.74, 6) is 0. The van der Waals surface area contributed by atoms with Crippen molar-refractivity contribution in [3.8, 4) is 0 Å². The van der Waals surface area contributed by atoms with Crippen LogP contribution in [0.4, 0.5) is 0 Å². The predicted molar refractivity (Wildman–Crippen MR) is 75.2 cm³/mol. The summed E-state index contributed by atoms with van der Waals surface area (Å²) < 4.78 is 5.84. The van der Waals surface area contributed by atoms with Crippen LogP contribution in [0.5, 0.6) is 0 Å². The Hall–Kier alpha value is -0.380. The van der Waals surface area contributed by atoms with E-state index in [0.29, 0.717) is 12.6 Å². The highest BCUT2D eigenvalue weighted by molar-refractivity contribution is 7.11. The summed E-state index contributed by atoms with van der Waals surface area (Å²) in [4.78, 5) is 2.52. The van der Waals surface area contributed by atoms with E-state index >= 15 is 0 Å². The fraction of sp³-hybridized carbons (Fsp3) is 0.714. The molecule has 17 heavy (non-hydrogen) atoms. The van der Waals surface area contributed by atoms with Crippen molar-refractivity contribution in [2.24, 2.45) is 5.73 Å².